The fraction of sp³-hybridized carbons (Fsp3) is 0.429. The number of nitrogens with one attached hydrogen (secondary N) is 2. The smallest absolute Gasteiger partial charge is 0.355 e. The molecule has 28 heavy (non-hydrogen) atoms. The number of H-pyrrole nitrogens is 1. The molecule has 0 atom stereocenters. The van der Waals surface area contributed by atoms with Gasteiger partial charge in [-0.2, -0.15) is 0 Å². The first-order valence-electron chi connectivity index (χ1n) is 9.13. The molecular formula is C21H28N2O5. The van der Waals surface area contributed by atoms with Gasteiger partial charge in [0.1, 0.15) is 17.0 Å². The van der Waals surface area contributed by atoms with Gasteiger partial charge in [0.05, 0.1) is 26.3 Å². The lowest BCUT2D eigenvalue weighted by Crippen LogP contribution is -2.24. The van der Waals surface area contributed by atoms with E-state index in [0.29, 0.717) is 29.8 Å². The Bertz CT molecular complexity index is 832. The van der Waals surface area contributed by atoms with Gasteiger partial charge in [-0.3, -0.25) is 0 Å². The molecule has 0 radical (unpaired) electrons. The number of aromatic amines is 1. The van der Waals surface area contributed by atoms with E-state index in [9.17, 15) is 9.59 Å². The SMILES string of the molecule is CCc1c(C(=O)OC(C)(C)C)[nH]c(CNc2ccc(OC)cc2)c1C(=O)OC. The van der Waals surface area contributed by atoms with E-state index < -0.39 is 17.5 Å². The number of esters is 2. The molecule has 1 aromatic carbocycles. The van der Waals surface area contributed by atoms with Crippen molar-refractivity contribution in [3.8, 4) is 5.75 Å². The maximum absolute atomic E-state index is 12.6. The van der Waals surface area contributed by atoms with Gasteiger partial charge < -0.3 is 24.5 Å². The van der Waals surface area contributed by atoms with Crippen LogP contribution < -0.4 is 10.1 Å². The molecule has 2 N–H and O–H groups in total. The monoisotopic (exact) mass is 388 g/mol. The van der Waals surface area contributed by atoms with E-state index in [1.807, 2.05) is 31.2 Å². The van der Waals surface area contributed by atoms with Gasteiger partial charge in [-0.25, -0.2) is 9.59 Å². The number of rotatable bonds is 7. The van der Waals surface area contributed by atoms with E-state index in [1.54, 1.807) is 27.9 Å². The summed E-state index contributed by atoms with van der Waals surface area (Å²) in [6.07, 6.45) is 0.484. The molecule has 0 saturated heterocycles. The van der Waals surface area contributed by atoms with Crippen molar-refractivity contribution >= 4 is 17.6 Å². The summed E-state index contributed by atoms with van der Waals surface area (Å²) in [6, 6.07) is 7.41. The first-order chi connectivity index (χ1) is 13.2. The molecule has 0 bridgehead atoms. The van der Waals surface area contributed by atoms with Gasteiger partial charge in [0, 0.05) is 11.4 Å². The van der Waals surface area contributed by atoms with E-state index in [4.69, 9.17) is 14.2 Å². The summed E-state index contributed by atoms with van der Waals surface area (Å²) >= 11 is 0. The van der Waals surface area contributed by atoms with Crippen molar-refractivity contribution < 1.29 is 23.8 Å². The minimum Gasteiger partial charge on any atom is -0.497 e. The molecule has 0 aliphatic carbocycles. The Balaban J connectivity index is 2.35. The highest BCUT2D eigenvalue weighted by Crippen LogP contribution is 2.25. The van der Waals surface area contributed by atoms with E-state index in [1.165, 1.54) is 7.11 Å². The summed E-state index contributed by atoms with van der Waals surface area (Å²) in [5.41, 5.74) is 2.02. The van der Waals surface area contributed by atoms with Crippen molar-refractivity contribution in [3.63, 3.8) is 0 Å². The third-order valence-electron chi connectivity index (χ3n) is 4.09. The molecule has 0 fully saturated rings. The second-order valence-corrected chi connectivity index (χ2v) is 7.26. The van der Waals surface area contributed by atoms with Crippen molar-refractivity contribution in [3.05, 3.63) is 46.8 Å². The standard InChI is InChI=1S/C21H28N2O5/c1-7-15-17(19(24)27-6)16(23-18(15)20(25)28-21(2,3)4)12-22-13-8-10-14(26-5)11-9-13/h8-11,22-23H,7,12H2,1-6H3. The molecule has 0 amide bonds. The molecule has 0 aliphatic heterocycles. The normalized spacial score (nSPS) is 11.1. The zero-order valence-corrected chi connectivity index (χ0v) is 17.3. The predicted octanol–water partition coefficient (Wildman–Crippen LogP) is 3.94. The molecule has 1 heterocycles. The Morgan fingerprint density at radius 1 is 1.07 bits per heavy atom. The van der Waals surface area contributed by atoms with Gasteiger partial charge in [0.2, 0.25) is 0 Å². The predicted molar refractivity (Wildman–Crippen MR) is 107 cm³/mol. The first kappa shape index (κ1) is 21.3. The van der Waals surface area contributed by atoms with E-state index in [2.05, 4.69) is 10.3 Å². The van der Waals surface area contributed by atoms with E-state index in [0.717, 1.165) is 11.4 Å². The van der Waals surface area contributed by atoms with Crippen LogP contribution in [0.4, 0.5) is 5.69 Å². The molecule has 152 valence electrons. The highest BCUT2D eigenvalue weighted by Gasteiger charge is 2.28. The molecule has 0 spiro atoms. The van der Waals surface area contributed by atoms with Crippen LogP contribution in [-0.2, 0) is 22.4 Å². The van der Waals surface area contributed by atoms with Gasteiger partial charge in [-0.15, -0.1) is 0 Å². The van der Waals surface area contributed by atoms with Crippen molar-refractivity contribution in [2.45, 2.75) is 46.3 Å². The van der Waals surface area contributed by atoms with Gasteiger partial charge in [0.25, 0.3) is 0 Å². The van der Waals surface area contributed by atoms with Crippen LogP contribution in [-0.4, -0.2) is 36.7 Å². The lowest BCUT2D eigenvalue weighted by Gasteiger charge is -2.19. The highest BCUT2D eigenvalue weighted by molar-refractivity contribution is 5.99. The average Bonchev–Trinajstić information content (AvgIpc) is 3.03. The summed E-state index contributed by atoms with van der Waals surface area (Å²) in [7, 11) is 2.93. The van der Waals surface area contributed by atoms with E-state index in [-0.39, 0.29) is 5.69 Å². The van der Waals surface area contributed by atoms with Gasteiger partial charge in [0.15, 0.2) is 0 Å². The van der Waals surface area contributed by atoms with Crippen LogP contribution >= 0.6 is 0 Å². The fourth-order valence-corrected chi connectivity index (χ4v) is 2.83. The Morgan fingerprint density at radius 2 is 1.71 bits per heavy atom. The highest BCUT2D eigenvalue weighted by atomic mass is 16.6. The number of carbonyl (C=O) groups excluding carboxylic acids is 2. The van der Waals surface area contributed by atoms with Crippen molar-refractivity contribution in [1.29, 1.82) is 0 Å². The van der Waals surface area contributed by atoms with E-state index >= 15 is 0 Å². The zero-order chi connectivity index (χ0) is 20.9. The van der Waals surface area contributed by atoms with Gasteiger partial charge >= 0.3 is 11.9 Å². The summed E-state index contributed by atoms with van der Waals surface area (Å²) in [5.74, 6) is -0.235. The number of anilines is 1. The number of hydrogen-bond donors (Lipinski definition) is 2. The number of hydrogen-bond acceptors (Lipinski definition) is 6. The van der Waals surface area contributed by atoms with Crippen LogP contribution in [0, 0.1) is 0 Å². The molecule has 7 nitrogen and oxygen atoms in total. The average molecular weight is 388 g/mol. The zero-order valence-electron chi connectivity index (χ0n) is 17.3. The summed E-state index contributed by atoms with van der Waals surface area (Å²) in [5, 5.41) is 3.24. The molecule has 2 rings (SSSR count). The lowest BCUT2D eigenvalue weighted by molar-refractivity contribution is 0.00622. The van der Waals surface area contributed by atoms with Crippen LogP contribution in [0.3, 0.4) is 0 Å². The number of aromatic nitrogens is 1. The molecule has 0 unspecified atom stereocenters. The summed E-state index contributed by atoms with van der Waals surface area (Å²) in [6.45, 7) is 7.59. The Labute approximate surface area is 165 Å². The lowest BCUT2D eigenvalue weighted by atomic mass is 10.1. The molecule has 7 heteroatoms. The Hall–Kier alpha value is -2.96. The number of methoxy groups -OCH3 is 2. The minimum atomic E-state index is -0.639. The number of benzene rings is 1. The number of carbonyl (C=O) groups is 2. The maximum Gasteiger partial charge on any atom is 0.355 e. The third-order valence-corrected chi connectivity index (χ3v) is 4.09. The molecule has 1 aromatic heterocycles. The quantitative estimate of drug-likeness (QED) is 0.699. The van der Waals surface area contributed by atoms with Crippen LogP contribution in [0.1, 0.15) is 59.8 Å². The fourth-order valence-electron chi connectivity index (χ4n) is 2.83. The molecule has 2 aromatic rings. The third kappa shape index (κ3) is 5.06. The van der Waals surface area contributed by atoms with Crippen molar-refractivity contribution in [2.24, 2.45) is 0 Å². The second-order valence-electron chi connectivity index (χ2n) is 7.26. The summed E-state index contributed by atoms with van der Waals surface area (Å²) < 4.78 is 15.6. The topological polar surface area (TPSA) is 89.7 Å². The van der Waals surface area contributed by atoms with Crippen LogP contribution in [0.5, 0.6) is 5.75 Å². The Kier molecular flexibility index (Phi) is 6.72. The second kappa shape index (κ2) is 8.82. The summed E-state index contributed by atoms with van der Waals surface area (Å²) in [4.78, 5) is 28.1. The molecule has 0 aliphatic rings. The Morgan fingerprint density at radius 3 is 2.21 bits per heavy atom. The molecule has 0 saturated carbocycles. The van der Waals surface area contributed by atoms with Gasteiger partial charge in [-0.05, 0) is 57.0 Å². The largest absolute Gasteiger partial charge is 0.497 e. The van der Waals surface area contributed by atoms with Crippen molar-refractivity contribution in [1.82, 2.24) is 4.98 Å². The van der Waals surface area contributed by atoms with Crippen LogP contribution in [0.25, 0.3) is 0 Å². The number of ether oxygens (including phenoxy) is 3. The first-order valence-corrected chi connectivity index (χ1v) is 9.13. The van der Waals surface area contributed by atoms with Crippen LogP contribution in [0.15, 0.2) is 24.3 Å². The maximum atomic E-state index is 12.6. The van der Waals surface area contributed by atoms with Gasteiger partial charge in [-0.1, -0.05) is 6.92 Å². The van der Waals surface area contributed by atoms with Crippen molar-refractivity contribution in [2.75, 3.05) is 19.5 Å². The molecular weight excluding hydrogens is 360 g/mol. The van der Waals surface area contributed by atoms with Crippen LogP contribution in [0.2, 0.25) is 0 Å². The minimum absolute atomic E-state index is 0.282.